The molecule has 8 heteroatoms. The van der Waals surface area contributed by atoms with Crippen LogP contribution < -0.4 is 11.1 Å². The molecule has 4 rings (SSSR count). The van der Waals surface area contributed by atoms with E-state index in [4.69, 9.17) is 5.73 Å². The first-order chi connectivity index (χ1) is 13.0. The van der Waals surface area contributed by atoms with Gasteiger partial charge in [-0.05, 0) is 32.0 Å². The molecule has 0 bridgehead atoms. The van der Waals surface area contributed by atoms with Crippen molar-refractivity contribution in [3.05, 3.63) is 36.7 Å². The Morgan fingerprint density at radius 1 is 1.30 bits per heavy atom. The van der Waals surface area contributed by atoms with Gasteiger partial charge in [0.25, 0.3) is 0 Å². The summed E-state index contributed by atoms with van der Waals surface area (Å²) in [6.45, 7) is 4.37. The predicted molar refractivity (Wildman–Crippen MR) is 105 cm³/mol. The number of H-pyrrole nitrogens is 1. The molecule has 0 spiro atoms. The summed E-state index contributed by atoms with van der Waals surface area (Å²) in [5.41, 5.74) is 9.52. The number of fused-ring (bicyclic) bond motifs is 3. The molecule has 3 heterocycles. The molecule has 4 aromatic rings. The predicted octanol–water partition coefficient (Wildman–Crippen LogP) is 2.47. The van der Waals surface area contributed by atoms with Crippen LogP contribution in [0.15, 0.2) is 36.7 Å². The van der Waals surface area contributed by atoms with Crippen LogP contribution in [0.25, 0.3) is 33.1 Å². The summed E-state index contributed by atoms with van der Waals surface area (Å²) < 4.78 is 1.75. The van der Waals surface area contributed by atoms with E-state index in [9.17, 15) is 4.79 Å². The van der Waals surface area contributed by atoms with Gasteiger partial charge in [0.15, 0.2) is 0 Å². The molecule has 0 unspecified atom stereocenters. The van der Waals surface area contributed by atoms with Crippen molar-refractivity contribution in [2.45, 2.75) is 32.9 Å². The first-order valence-corrected chi connectivity index (χ1v) is 8.87. The Balaban J connectivity index is 1.69. The number of nitrogens with one attached hydrogen (secondary N) is 2. The number of carbonyl (C=O) groups is 1. The first kappa shape index (κ1) is 17.0. The van der Waals surface area contributed by atoms with E-state index in [1.54, 1.807) is 10.9 Å². The molecule has 1 aromatic carbocycles. The zero-order valence-corrected chi connectivity index (χ0v) is 15.2. The maximum Gasteiger partial charge on any atom is 0.222 e. The normalized spacial score (nSPS) is 11.5. The number of amides is 1. The van der Waals surface area contributed by atoms with E-state index in [1.807, 2.05) is 44.3 Å². The highest BCUT2D eigenvalue weighted by Gasteiger charge is 2.13. The summed E-state index contributed by atoms with van der Waals surface area (Å²) in [4.78, 5) is 16.4. The number of aromatic nitrogens is 5. The van der Waals surface area contributed by atoms with E-state index in [-0.39, 0.29) is 11.9 Å². The fourth-order valence-electron chi connectivity index (χ4n) is 3.13. The van der Waals surface area contributed by atoms with Gasteiger partial charge in [0, 0.05) is 42.4 Å². The van der Waals surface area contributed by atoms with Crippen molar-refractivity contribution in [2.75, 3.05) is 5.73 Å². The van der Waals surface area contributed by atoms with Crippen LogP contribution in [0.1, 0.15) is 20.3 Å². The maximum absolute atomic E-state index is 11.9. The summed E-state index contributed by atoms with van der Waals surface area (Å²) in [7, 11) is 0. The molecule has 0 atom stereocenters. The Morgan fingerprint density at radius 2 is 2.15 bits per heavy atom. The largest absolute Gasteiger partial charge is 0.383 e. The standard InChI is InChI=1S/C19H21N7O/c1-11(2)22-17(27)6-8-26-10-14-18(25-26)13-4-3-12(15-5-7-21-24-15)9-16(13)23-19(14)20/h3-5,7,9-11H,6,8H2,1-2H3,(H2,20,23)(H,21,24)(H,22,27). The first-order valence-electron chi connectivity index (χ1n) is 8.87. The molecule has 27 heavy (non-hydrogen) atoms. The van der Waals surface area contributed by atoms with Gasteiger partial charge >= 0.3 is 0 Å². The van der Waals surface area contributed by atoms with Gasteiger partial charge in [-0.1, -0.05) is 6.07 Å². The zero-order chi connectivity index (χ0) is 19.0. The van der Waals surface area contributed by atoms with Gasteiger partial charge in [-0.2, -0.15) is 10.2 Å². The van der Waals surface area contributed by atoms with Gasteiger partial charge in [-0.3, -0.25) is 14.6 Å². The van der Waals surface area contributed by atoms with Crippen LogP contribution in [-0.2, 0) is 11.3 Å². The van der Waals surface area contributed by atoms with Crippen LogP contribution in [0.3, 0.4) is 0 Å². The second-order valence-electron chi connectivity index (χ2n) is 6.82. The summed E-state index contributed by atoms with van der Waals surface area (Å²) in [6, 6.07) is 7.96. The van der Waals surface area contributed by atoms with E-state index in [0.29, 0.717) is 18.8 Å². The lowest BCUT2D eigenvalue weighted by Crippen LogP contribution is -2.30. The molecule has 4 N–H and O–H groups in total. The van der Waals surface area contributed by atoms with Crippen LogP contribution >= 0.6 is 0 Å². The molecule has 138 valence electrons. The molecular formula is C19H21N7O. The van der Waals surface area contributed by atoms with Gasteiger partial charge in [0.2, 0.25) is 5.91 Å². The highest BCUT2D eigenvalue weighted by molar-refractivity contribution is 6.08. The second-order valence-corrected chi connectivity index (χ2v) is 6.82. The molecule has 0 saturated heterocycles. The minimum Gasteiger partial charge on any atom is -0.383 e. The van der Waals surface area contributed by atoms with Crippen molar-refractivity contribution in [3.63, 3.8) is 0 Å². The van der Waals surface area contributed by atoms with Crippen molar-refractivity contribution in [3.8, 4) is 11.3 Å². The van der Waals surface area contributed by atoms with Crippen molar-refractivity contribution in [2.24, 2.45) is 0 Å². The van der Waals surface area contributed by atoms with Gasteiger partial charge in [-0.15, -0.1) is 0 Å². The lowest BCUT2D eigenvalue weighted by Gasteiger charge is -2.07. The third-order valence-electron chi connectivity index (χ3n) is 4.35. The summed E-state index contributed by atoms with van der Waals surface area (Å²) in [6.07, 6.45) is 3.99. The number of pyridine rings is 1. The van der Waals surface area contributed by atoms with E-state index in [1.165, 1.54) is 0 Å². The minimum atomic E-state index is 0.00385. The number of hydrogen-bond donors (Lipinski definition) is 3. The van der Waals surface area contributed by atoms with Crippen LogP contribution in [0.4, 0.5) is 5.82 Å². The minimum absolute atomic E-state index is 0.00385. The number of carbonyl (C=O) groups excluding carboxylic acids is 1. The van der Waals surface area contributed by atoms with Crippen LogP contribution in [0.2, 0.25) is 0 Å². The molecule has 3 aromatic heterocycles. The van der Waals surface area contributed by atoms with E-state index < -0.39 is 0 Å². The van der Waals surface area contributed by atoms with Crippen LogP contribution in [-0.4, -0.2) is 36.9 Å². The van der Waals surface area contributed by atoms with Crippen molar-refractivity contribution in [1.82, 2.24) is 30.3 Å². The average Bonchev–Trinajstić information content (AvgIpc) is 3.29. The SMILES string of the molecule is CC(C)NC(=O)CCn1cc2c(N)nc3cc(-c4cc[nH]n4)ccc3c2n1. The van der Waals surface area contributed by atoms with Crippen molar-refractivity contribution in [1.29, 1.82) is 0 Å². The Kier molecular flexibility index (Phi) is 4.23. The number of rotatable bonds is 5. The molecule has 0 aliphatic heterocycles. The molecule has 0 radical (unpaired) electrons. The van der Waals surface area contributed by atoms with Crippen molar-refractivity contribution < 1.29 is 4.79 Å². The third-order valence-corrected chi connectivity index (χ3v) is 4.35. The highest BCUT2D eigenvalue weighted by Crippen LogP contribution is 2.29. The number of anilines is 1. The molecular weight excluding hydrogens is 342 g/mol. The van der Waals surface area contributed by atoms with Crippen LogP contribution in [0, 0.1) is 0 Å². The van der Waals surface area contributed by atoms with Gasteiger partial charge < -0.3 is 11.1 Å². The Bertz CT molecular complexity index is 1110. The molecule has 8 nitrogen and oxygen atoms in total. The van der Waals surface area contributed by atoms with E-state index in [2.05, 4.69) is 25.6 Å². The van der Waals surface area contributed by atoms with E-state index in [0.717, 1.165) is 33.1 Å². The summed E-state index contributed by atoms with van der Waals surface area (Å²) in [5.74, 6) is 0.429. The second kappa shape index (κ2) is 6.71. The fraction of sp³-hybridized carbons (Fsp3) is 0.263. The number of aromatic amines is 1. The molecule has 1 amide bonds. The number of nitrogen functional groups attached to an aromatic ring is 1. The number of nitrogens with zero attached hydrogens (tertiary/aromatic N) is 4. The lowest BCUT2D eigenvalue weighted by molar-refractivity contribution is -0.121. The summed E-state index contributed by atoms with van der Waals surface area (Å²) in [5, 5.41) is 16.2. The Hall–Kier alpha value is -3.42. The highest BCUT2D eigenvalue weighted by atomic mass is 16.1. The Morgan fingerprint density at radius 3 is 2.89 bits per heavy atom. The molecule has 0 saturated carbocycles. The third kappa shape index (κ3) is 3.33. The topological polar surface area (TPSA) is 115 Å². The van der Waals surface area contributed by atoms with Gasteiger partial charge in [0.1, 0.15) is 11.3 Å². The average molecular weight is 363 g/mol. The quantitative estimate of drug-likeness (QED) is 0.504. The number of aryl methyl sites for hydroxylation is 1. The number of hydrogen-bond acceptors (Lipinski definition) is 5. The summed E-state index contributed by atoms with van der Waals surface area (Å²) >= 11 is 0. The van der Waals surface area contributed by atoms with Crippen LogP contribution in [0.5, 0.6) is 0 Å². The molecule has 0 aliphatic rings. The van der Waals surface area contributed by atoms with Gasteiger partial charge in [0.05, 0.1) is 16.6 Å². The van der Waals surface area contributed by atoms with E-state index >= 15 is 0 Å². The number of nitrogens with two attached hydrogens (primary N) is 1. The maximum atomic E-state index is 11.9. The molecule has 0 fully saturated rings. The number of benzene rings is 1. The smallest absolute Gasteiger partial charge is 0.222 e. The fourth-order valence-corrected chi connectivity index (χ4v) is 3.13. The zero-order valence-electron chi connectivity index (χ0n) is 15.2. The Labute approximate surface area is 155 Å². The van der Waals surface area contributed by atoms with Gasteiger partial charge in [-0.25, -0.2) is 4.98 Å². The molecule has 0 aliphatic carbocycles. The monoisotopic (exact) mass is 363 g/mol. The van der Waals surface area contributed by atoms with Crippen molar-refractivity contribution >= 4 is 33.5 Å². The lowest BCUT2D eigenvalue weighted by atomic mass is 10.1.